The summed E-state index contributed by atoms with van der Waals surface area (Å²) in [4.78, 5) is 16.5. The van der Waals surface area contributed by atoms with Crippen molar-refractivity contribution < 1.29 is 9.90 Å². The van der Waals surface area contributed by atoms with Crippen LogP contribution in [0, 0.1) is 12.8 Å². The lowest BCUT2D eigenvalue weighted by molar-refractivity contribution is -0.143. The third-order valence-electron chi connectivity index (χ3n) is 6.88. The van der Waals surface area contributed by atoms with E-state index in [1.54, 1.807) is 0 Å². The van der Waals surface area contributed by atoms with E-state index in [1.807, 2.05) is 0 Å². The largest absolute Gasteiger partial charge is 0.481 e. The predicted molar refractivity (Wildman–Crippen MR) is 124 cm³/mol. The van der Waals surface area contributed by atoms with E-state index in [4.69, 9.17) is 4.98 Å². The number of carboxylic acids is 1. The maximum absolute atomic E-state index is 11.4. The molecule has 1 saturated carbocycles. The van der Waals surface area contributed by atoms with E-state index in [2.05, 4.69) is 65.4 Å². The van der Waals surface area contributed by atoms with Gasteiger partial charge >= 0.3 is 5.97 Å². The fourth-order valence-corrected chi connectivity index (χ4v) is 5.19. The summed E-state index contributed by atoms with van der Waals surface area (Å²) in [5, 5.41) is 16.6. The number of carboxylic acid groups (broad SMARTS) is 1. The summed E-state index contributed by atoms with van der Waals surface area (Å²) < 4.78 is 2.33. The van der Waals surface area contributed by atoms with Crippen LogP contribution in [-0.4, -0.2) is 26.7 Å². The first-order valence-electron chi connectivity index (χ1n) is 11.4. The molecular weight excluding hydrogens is 388 g/mol. The fraction of sp³-hybridized carbons (Fsp3) is 0.440. The lowest BCUT2D eigenvalue weighted by atomic mass is 9.86. The van der Waals surface area contributed by atoms with Crippen molar-refractivity contribution in [3.05, 3.63) is 47.5 Å². The highest BCUT2D eigenvalue weighted by molar-refractivity contribution is 5.88. The number of rotatable bonds is 4. The van der Waals surface area contributed by atoms with Crippen molar-refractivity contribution in [3.63, 3.8) is 0 Å². The zero-order valence-electron chi connectivity index (χ0n) is 18.2. The molecule has 1 aromatic heterocycles. The Hall–Kier alpha value is -3.02. The Bertz CT molecular complexity index is 1130. The van der Waals surface area contributed by atoms with Crippen LogP contribution in [0.4, 0.5) is 17.3 Å². The number of nitrogens with zero attached hydrogens (tertiary/aromatic N) is 2. The SMILES string of the molecule is Cc1cccc(Nc2nc3c4c(ccc3n2C2CCC(C(=O)O)CC2)N[C@@H](C)CC4)c1. The van der Waals surface area contributed by atoms with E-state index in [0.717, 1.165) is 48.4 Å². The van der Waals surface area contributed by atoms with E-state index < -0.39 is 5.97 Å². The van der Waals surface area contributed by atoms with Crippen LogP contribution in [0.5, 0.6) is 0 Å². The summed E-state index contributed by atoms with van der Waals surface area (Å²) in [6, 6.07) is 13.4. The molecule has 1 atom stereocenters. The molecule has 0 bridgehead atoms. The summed E-state index contributed by atoms with van der Waals surface area (Å²) in [5.74, 6) is -0.0367. The normalized spacial score (nSPS) is 23.2. The first kappa shape index (κ1) is 19.9. The van der Waals surface area contributed by atoms with Crippen LogP contribution in [0.15, 0.2) is 36.4 Å². The first-order chi connectivity index (χ1) is 15.0. The second-order valence-electron chi connectivity index (χ2n) is 9.19. The molecule has 0 saturated heterocycles. The summed E-state index contributed by atoms with van der Waals surface area (Å²) in [6.45, 7) is 4.31. The van der Waals surface area contributed by atoms with Gasteiger partial charge in [0.25, 0.3) is 0 Å². The molecule has 5 rings (SSSR count). The second kappa shape index (κ2) is 7.91. The molecule has 3 aromatic rings. The number of aromatic nitrogens is 2. The van der Waals surface area contributed by atoms with Crippen LogP contribution < -0.4 is 10.6 Å². The first-order valence-corrected chi connectivity index (χ1v) is 11.4. The molecule has 1 fully saturated rings. The van der Waals surface area contributed by atoms with E-state index in [-0.39, 0.29) is 12.0 Å². The number of nitrogens with one attached hydrogen (secondary N) is 2. The number of benzene rings is 2. The Balaban J connectivity index is 1.58. The second-order valence-corrected chi connectivity index (χ2v) is 9.19. The topological polar surface area (TPSA) is 79.2 Å². The molecule has 3 N–H and O–H groups in total. The minimum atomic E-state index is -0.665. The molecule has 1 aliphatic carbocycles. The lowest BCUT2D eigenvalue weighted by Gasteiger charge is -2.29. The molecule has 162 valence electrons. The van der Waals surface area contributed by atoms with Gasteiger partial charge in [-0.15, -0.1) is 0 Å². The van der Waals surface area contributed by atoms with Crippen molar-refractivity contribution in [2.24, 2.45) is 5.92 Å². The zero-order valence-corrected chi connectivity index (χ0v) is 18.2. The van der Waals surface area contributed by atoms with Gasteiger partial charge in [0.15, 0.2) is 0 Å². The zero-order chi connectivity index (χ0) is 21.5. The van der Waals surface area contributed by atoms with Gasteiger partial charge in [-0.2, -0.15) is 0 Å². The van der Waals surface area contributed by atoms with Gasteiger partial charge in [-0.25, -0.2) is 4.98 Å². The maximum atomic E-state index is 11.4. The third-order valence-corrected chi connectivity index (χ3v) is 6.88. The van der Waals surface area contributed by atoms with Crippen LogP contribution >= 0.6 is 0 Å². The van der Waals surface area contributed by atoms with Crippen LogP contribution in [-0.2, 0) is 11.2 Å². The molecule has 0 amide bonds. The van der Waals surface area contributed by atoms with E-state index in [9.17, 15) is 9.90 Å². The average molecular weight is 419 g/mol. The average Bonchev–Trinajstić information content (AvgIpc) is 3.11. The van der Waals surface area contributed by atoms with Gasteiger partial charge in [0.1, 0.15) is 0 Å². The van der Waals surface area contributed by atoms with Gasteiger partial charge in [0.2, 0.25) is 5.95 Å². The van der Waals surface area contributed by atoms with Crippen molar-refractivity contribution in [3.8, 4) is 0 Å². The summed E-state index contributed by atoms with van der Waals surface area (Å²) >= 11 is 0. The minimum absolute atomic E-state index is 0.224. The highest BCUT2D eigenvalue weighted by atomic mass is 16.4. The van der Waals surface area contributed by atoms with Crippen LogP contribution in [0.3, 0.4) is 0 Å². The maximum Gasteiger partial charge on any atom is 0.306 e. The Morgan fingerprint density at radius 1 is 1.16 bits per heavy atom. The van der Waals surface area contributed by atoms with Gasteiger partial charge in [0.05, 0.1) is 17.0 Å². The summed E-state index contributed by atoms with van der Waals surface area (Å²) in [5.41, 5.74) is 6.91. The number of aliphatic carboxylic acids is 1. The van der Waals surface area contributed by atoms with Crippen molar-refractivity contribution in [1.29, 1.82) is 0 Å². The molecule has 0 spiro atoms. The number of fused-ring (bicyclic) bond motifs is 3. The van der Waals surface area contributed by atoms with Gasteiger partial charge in [-0.1, -0.05) is 12.1 Å². The molecule has 2 aliphatic rings. The van der Waals surface area contributed by atoms with Crippen LogP contribution in [0.2, 0.25) is 0 Å². The molecule has 2 aromatic carbocycles. The highest BCUT2D eigenvalue weighted by Gasteiger charge is 2.30. The molecule has 6 nitrogen and oxygen atoms in total. The quantitative estimate of drug-likeness (QED) is 0.510. The minimum Gasteiger partial charge on any atom is -0.481 e. The van der Waals surface area contributed by atoms with Crippen molar-refractivity contribution in [2.75, 3.05) is 10.6 Å². The van der Waals surface area contributed by atoms with Gasteiger partial charge in [-0.05, 0) is 82.2 Å². The van der Waals surface area contributed by atoms with Gasteiger partial charge in [0, 0.05) is 29.0 Å². The Kier molecular flexibility index (Phi) is 5.08. The van der Waals surface area contributed by atoms with E-state index in [1.165, 1.54) is 16.8 Å². The van der Waals surface area contributed by atoms with Gasteiger partial charge in [-0.3, -0.25) is 4.79 Å². The van der Waals surface area contributed by atoms with Crippen LogP contribution in [0.1, 0.15) is 56.2 Å². The van der Waals surface area contributed by atoms with Gasteiger partial charge < -0.3 is 20.3 Å². The fourth-order valence-electron chi connectivity index (χ4n) is 5.19. The van der Waals surface area contributed by atoms with E-state index >= 15 is 0 Å². The Labute approximate surface area is 182 Å². The number of aryl methyl sites for hydroxylation is 2. The summed E-state index contributed by atoms with van der Waals surface area (Å²) in [7, 11) is 0. The van der Waals surface area contributed by atoms with Crippen LogP contribution in [0.25, 0.3) is 11.0 Å². The summed E-state index contributed by atoms with van der Waals surface area (Å²) in [6.07, 6.45) is 5.27. The Morgan fingerprint density at radius 2 is 1.97 bits per heavy atom. The smallest absolute Gasteiger partial charge is 0.306 e. The standard InChI is InChI=1S/C25H30N4O2/c1-15-4-3-5-18(14-15)27-25-28-23-20-11-6-16(2)26-21(20)12-13-22(23)29(25)19-9-7-17(8-10-19)24(30)31/h3-5,12-14,16-17,19,26H,6-11H2,1-2H3,(H,27,28)(H,30,31)/t16-,17?,19?/m0/s1. The Morgan fingerprint density at radius 3 is 2.71 bits per heavy atom. The third kappa shape index (κ3) is 3.75. The predicted octanol–water partition coefficient (Wildman–Crippen LogP) is 5.65. The highest BCUT2D eigenvalue weighted by Crippen LogP contribution is 2.40. The number of carbonyl (C=O) groups is 1. The lowest BCUT2D eigenvalue weighted by Crippen LogP contribution is -2.24. The van der Waals surface area contributed by atoms with Crippen molar-refractivity contribution in [1.82, 2.24) is 9.55 Å². The number of anilines is 3. The number of hydrogen-bond acceptors (Lipinski definition) is 4. The molecule has 0 radical (unpaired) electrons. The molecule has 2 heterocycles. The molecule has 6 heteroatoms. The number of hydrogen-bond donors (Lipinski definition) is 3. The van der Waals surface area contributed by atoms with Crippen molar-refractivity contribution >= 4 is 34.3 Å². The van der Waals surface area contributed by atoms with E-state index in [0.29, 0.717) is 18.9 Å². The number of imidazole rings is 1. The molecule has 0 unspecified atom stereocenters. The molecule has 1 aliphatic heterocycles. The monoisotopic (exact) mass is 418 g/mol. The van der Waals surface area contributed by atoms with Crippen molar-refractivity contribution in [2.45, 2.75) is 64.5 Å². The molecular formula is C25H30N4O2. The molecule has 31 heavy (non-hydrogen) atoms.